The zero-order chi connectivity index (χ0) is 14.6. The van der Waals surface area contributed by atoms with Crippen LogP contribution in [0.2, 0.25) is 0 Å². The molecule has 0 aliphatic rings. The lowest BCUT2D eigenvalue weighted by Crippen LogP contribution is -2.25. The monoisotopic (exact) mass is 312 g/mol. The van der Waals surface area contributed by atoms with Gasteiger partial charge in [0.2, 0.25) is 0 Å². The van der Waals surface area contributed by atoms with Crippen molar-refractivity contribution in [2.24, 2.45) is 5.73 Å². The Hall–Kier alpha value is -1.57. The third kappa shape index (κ3) is 3.12. The molecular formula is C13H16N2O3S2. The number of hydrogen-bond acceptors (Lipinski definition) is 5. The molecule has 2 N–H and O–H groups in total. The first kappa shape index (κ1) is 14.8. The molecule has 0 atom stereocenters. The number of nitrogens with two attached hydrogens (primary N) is 1. The predicted octanol–water partition coefficient (Wildman–Crippen LogP) is 1.91. The van der Waals surface area contributed by atoms with E-state index in [-0.39, 0.29) is 0 Å². The molecule has 0 amide bonds. The minimum Gasteiger partial charge on any atom is -0.492 e. The van der Waals surface area contributed by atoms with Crippen LogP contribution in [0.5, 0.6) is 5.75 Å². The highest BCUT2D eigenvalue weighted by Crippen LogP contribution is 2.26. The Morgan fingerprint density at radius 1 is 1.25 bits per heavy atom. The average molecular weight is 312 g/mol. The fraction of sp³-hybridized carbons (Fsp3) is 0.231. The third-order valence-corrected chi connectivity index (χ3v) is 5.86. The van der Waals surface area contributed by atoms with Crippen LogP contribution in [0.1, 0.15) is 0 Å². The Kier molecular flexibility index (Phi) is 4.64. The molecule has 1 aromatic heterocycles. The van der Waals surface area contributed by atoms with Crippen LogP contribution in [0, 0.1) is 0 Å². The van der Waals surface area contributed by atoms with Crippen molar-refractivity contribution >= 4 is 27.0 Å². The van der Waals surface area contributed by atoms with Crippen LogP contribution < -0.4 is 14.8 Å². The smallest absolute Gasteiger partial charge is 0.273 e. The van der Waals surface area contributed by atoms with Gasteiger partial charge in [-0.3, -0.25) is 4.31 Å². The van der Waals surface area contributed by atoms with E-state index in [0.717, 1.165) is 0 Å². The molecule has 2 rings (SSSR count). The second-order valence-electron chi connectivity index (χ2n) is 4.04. The Morgan fingerprint density at radius 2 is 1.95 bits per heavy atom. The number of ether oxygens (including phenoxy) is 1. The number of hydrogen-bond donors (Lipinski definition) is 1. The summed E-state index contributed by atoms with van der Waals surface area (Å²) in [6, 6.07) is 10.2. The maximum Gasteiger partial charge on any atom is 0.273 e. The molecular weight excluding hydrogens is 296 g/mol. The minimum atomic E-state index is -3.49. The largest absolute Gasteiger partial charge is 0.492 e. The molecule has 2 aromatic rings. The molecule has 108 valence electrons. The lowest BCUT2D eigenvalue weighted by Gasteiger charge is -2.18. The van der Waals surface area contributed by atoms with Gasteiger partial charge in [0.15, 0.2) is 0 Å². The number of sulfonamides is 1. The first-order valence-corrected chi connectivity index (χ1v) is 8.33. The van der Waals surface area contributed by atoms with Gasteiger partial charge in [-0.25, -0.2) is 8.42 Å². The van der Waals surface area contributed by atoms with Gasteiger partial charge in [-0.15, -0.1) is 11.3 Å². The minimum absolute atomic E-state index is 0.323. The second-order valence-corrected chi connectivity index (χ2v) is 7.18. The number of nitrogens with zero attached hydrogens (tertiary/aromatic N) is 1. The van der Waals surface area contributed by atoms with Crippen LogP contribution >= 0.6 is 11.3 Å². The number of rotatable bonds is 6. The van der Waals surface area contributed by atoms with Crippen LogP contribution in [-0.2, 0) is 10.0 Å². The van der Waals surface area contributed by atoms with Gasteiger partial charge in [0.05, 0.1) is 5.69 Å². The molecule has 20 heavy (non-hydrogen) atoms. The zero-order valence-electron chi connectivity index (χ0n) is 11.0. The summed E-state index contributed by atoms with van der Waals surface area (Å²) in [4.78, 5) is 0. The summed E-state index contributed by atoms with van der Waals surface area (Å²) in [6.07, 6.45) is 0. The zero-order valence-corrected chi connectivity index (χ0v) is 12.7. The second kappa shape index (κ2) is 6.25. The van der Waals surface area contributed by atoms with Gasteiger partial charge in [-0.2, -0.15) is 0 Å². The Bertz CT molecular complexity index is 637. The van der Waals surface area contributed by atoms with Crippen LogP contribution in [0.15, 0.2) is 46.0 Å². The van der Waals surface area contributed by atoms with E-state index >= 15 is 0 Å². The maximum absolute atomic E-state index is 12.3. The van der Waals surface area contributed by atoms with E-state index in [1.807, 2.05) is 0 Å². The molecule has 0 unspecified atom stereocenters. The van der Waals surface area contributed by atoms with Crippen LogP contribution in [0.3, 0.4) is 0 Å². The van der Waals surface area contributed by atoms with Gasteiger partial charge in [-0.1, -0.05) is 6.07 Å². The van der Waals surface area contributed by atoms with E-state index in [2.05, 4.69) is 0 Å². The molecule has 0 saturated carbocycles. The van der Waals surface area contributed by atoms with Gasteiger partial charge in [0, 0.05) is 13.6 Å². The van der Waals surface area contributed by atoms with E-state index in [0.29, 0.717) is 28.8 Å². The molecule has 0 fully saturated rings. The van der Waals surface area contributed by atoms with Gasteiger partial charge < -0.3 is 10.5 Å². The standard InChI is InChI=1S/C13H16N2O3S2/c1-15(20(16,17)13-3-2-10-19-13)11-4-6-12(7-5-11)18-9-8-14/h2-7,10H,8-9,14H2,1H3. The highest BCUT2D eigenvalue weighted by atomic mass is 32.2. The summed E-state index contributed by atoms with van der Waals surface area (Å²) in [5.74, 6) is 0.668. The predicted molar refractivity (Wildman–Crippen MR) is 80.9 cm³/mol. The normalized spacial score (nSPS) is 11.3. The van der Waals surface area contributed by atoms with Gasteiger partial charge in [0.1, 0.15) is 16.6 Å². The molecule has 0 saturated heterocycles. The van der Waals surface area contributed by atoms with Crippen LogP contribution in [-0.4, -0.2) is 28.6 Å². The lowest BCUT2D eigenvalue weighted by molar-refractivity contribution is 0.328. The molecule has 1 aromatic carbocycles. The Labute approximate surface area is 122 Å². The summed E-state index contributed by atoms with van der Waals surface area (Å²) in [6.45, 7) is 0.872. The molecule has 0 aliphatic carbocycles. The maximum atomic E-state index is 12.3. The fourth-order valence-electron chi connectivity index (χ4n) is 1.61. The van der Waals surface area contributed by atoms with Crippen molar-refractivity contribution < 1.29 is 13.2 Å². The number of benzene rings is 1. The van der Waals surface area contributed by atoms with E-state index in [1.165, 1.54) is 22.7 Å². The average Bonchev–Trinajstić information content (AvgIpc) is 3.00. The van der Waals surface area contributed by atoms with Crippen molar-refractivity contribution in [2.75, 3.05) is 24.5 Å². The topological polar surface area (TPSA) is 72.6 Å². The molecule has 5 nitrogen and oxygen atoms in total. The first-order chi connectivity index (χ1) is 9.55. The van der Waals surface area contributed by atoms with Crippen molar-refractivity contribution in [3.8, 4) is 5.75 Å². The van der Waals surface area contributed by atoms with Crippen molar-refractivity contribution in [3.63, 3.8) is 0 Å². The molecule has 0 bridgehead atoms. The first-order valence-electron chi connectivity index (χ1n) is 6.01. The Balaban J connectivity index is 2.19. The highest BCUT2D eigenvalue weighted by Gasteiger charge is 2.22. The van der Waals surface area contributed by atoms with E-state index in [1.54, 1.807) is 41.8 Å². The van der Waals surface area contributed by atoms with Crippen molar-refractivity contribution in [1.29, 1.82) is 0 Å². The third-order valence-electron chi connectivity index (χ3n) is 2.70. The molecule has 0 spiro atoms. The summed E-state index contributed by atoms with van der Waals surface area (Å²) in [7, 11) is -1.95. The lowest BCUT2D eigenvalue weighted by atomic mass is 10.3. The van der Waals surface area contributed by atoms with Gasteiger partial charge >= 0.3 is 0 Å². The fourth-order valence-corrected chi connectivity index (χ4v) is 3.97. The summed E-state index contributed by atoms with van der Waals surface area (Å²) in [5.41, 5.74) is 5.94. The Morgan fingerprint density at radius 3 is 2.50 bits per heavy atom. The van der Waals surface area contributed by atoms with Gasteiger partial charge in [0.25, 0.3) is 10.0 Å². The van der Waals surface area contributed by atoms with Crippen molar-refractivity contribution in [3.05, 3.63) is 41.8 Å². The van der Waals surface area contributed by atoms with E-state index in [4.69, 9.17) is 10.5 Å². The quantitative estimate of drug-likeness (QED) is 0.884. The summed E-state index contributed by atoms with van der Waals surface area (Å²) >= 11 is 1.20. The number of anilines is 1. The van der Waals surface area contributed by atoms with Crippen LogP contribution in [0.4, 0.5) is 5.69 Å². The molecule has 1 heterocycles. The van der Waals surface area contributed by atoms with E-state index in [9.17, 15) is 8.42 Å². The molecule has 0 aliphatic heterocycles. The highest BCUT2D eigenvalue weighted by molar-refractivity contribution is 7.94. The molecule has 7 heteroatoms. The van der Waals surface area contributed by atoms with E-state index < -0.39 is 10.0 Å². The summed E-state index contributed by atoms with van der Waals surface area (Å²) in [5, 5.41) is 1.74. The number of thiophene rings is 1. The summed E-state index contributed by atoms with van der Waals surface area (Å²) < 4.78 is 31.6. The van der Waals surface area contributed by atoms with Crippen molar-refractivity contribution in [1.82, 2.24) is 0 Å². The van der Waals surface area contributed by atoms with Gasteiger partial charge in [-0.05, 0) is 35.7 Å². The van der Waals surface area contributed by atoms with Crippen molar-refractivity contribution in [2.45, 2.75) is 4.21 Å². The SMILES string of the molecule is CN(c1ccc(OCCN)cc1)S(=O)(=O)c1cccs1. The van der Waals surface area contributed by atoms with Crippen LogP contribution in [0.25, 0.3) is 0 Å². The molecule has 0 radical (unpaired) electrons.